The van der Waals surface area contributed by atoms with Crippen LogP contribution in [0.1, 0.15) is 30.0 Å². The molecule has 0 bridgehead atoms. The van der Waals surface area contributed by atoms with Crippen LogP contribution in [-0.2, 0) is 19.6 Å². The minimum absolute atomic E-state index is 0.00930. The van der Waals surface area contributed by atoms with Gasteiger partial charge in [-0.3, -0.25) is 0 Å². The topological polar surface area (TPSA) is 40.5 Å². The zero-order valence-corrected chi connectivity index (χ0v) is 12.4. The van der Waals surface area contributed by atoms with Crippen LogP contribution in [0.15, 0.2) is 42.5 Å². The Morgan fingerprint density at radius 1 is 0.952 bits per heavy atom. The highest BCUT2D eigenvalue weighted by Gasteiger charge is 2.36. The van der Waals surface area contributed by atoms with E-state index in [4.69, 9.17) is 0 Å². The molecule has 0 amide bonds. The lowest BCUT2D eigenvalue weighted by molar-refractivity contribution is -0.960. The first kappa shape index (κ1) is 14.0. The van der Waals surface area contributed by atoms with Crippen molar-refractivity contribution in [3.63, 3.8) is 0 Å². The standard InChI is InChI=1S/C18H21NO2/c1-2-8-19(11-14-6-4-3-5-7-14)12-15-9-17(20)18(21)10-16(15)13-19/h3-7,9-10H,2,8,11-13H2,1H3,(H-,20,21)/p+1. The smallest absolute Gasteiger partial charge is 0.157 e. The summed E-state index contributed by atoms with van der Waals surface area (Å²) in [7, 11) is 0. The number of hydrogen-bond acceptors (Lipinski definition) is 2. The molecule has 1 heterocycles. The van der Waals surface area contributed by atoms with Gasteiger partial charge in [0.2, 0.25) is 0 Å². The van der Waals surface area contributed by atoms with Crippen molar-refractivity contribution in [1.82, 2.24) is 0 Å². The van der Waals surface area contributed by atoms with Gasteiger partial charge in [-0.2, -0.15) is 0 Å². The van der Waals surface area contributed by atoms with E-state index < -0.39 is 0 Å². The van der Waals surface area contributed by atoms with Crippen LogP contribution in [0.2, 0.25) is 0 Å². The van der Waals surface area contributed by atoms with Crippen LogP contribution in [-0.4, -0.2) is 21.2 Å². The Hall–Kier alpha value is -2.00. The van der Waals surface area contributed by atoms with E-state index in [1.165, 1.54) is 5.56 Å². The summed E-state index contributed by atoms with van der Waals surface area (Å²) in [5.41, 5.74) is 3.66. The van der Waals surface area contributed by atoms with Crippen molar-refractivity contribution >= 4 is 0 Å². The van der Waals surface area contributed by atoms with Crippen LogP contribution in [0.25, 0.3) is 0 Å². The molecule has 110 valence electrons. The van der Waals surface area contributed by atoms with Gasteiger partial charge in [0.05, 0.1) is 6.54 Å². The maximum atomic E-state index is 9.72. The highest BCUT2D eigenvalue weighted by molar-refractivity contribution is 5.46. The summed E-state index contributed by atoms with van der Waals surface area (Å²) in [5.74, 6) is -0.0186. The average molecular weight is 284 g/mol. The van der Waals surface area contributed by atoms with Crippen LogP contribution < -0.4 is 0 Å². The Bertz CT molecular complexity index is 606. The Morgan fingerprint density at radius 2 is 1.52 bits per heavy atom. The number of fused-ring (bicyclic) bond motifs is 1. The molecule has 2 aromatic carbocycles. The summed E-state index contributed by atoms with van der Waals surface area (Å²) in [5, 5.41) is 19.4. The molecule has 0 unspecified atom stereocenters. The summed E-state index contributed by atoms with van der Waals surface area (Å²) < 4.78 is 0.971. The van der Waals surface area contributed by atoms with Crippen molar-refractivity contribution in [2.45, 2.75) is 33.0 Å². The van der Waals surface area contributed by atoms with Gasteiger partial charge in [-0.25, -0.2) is 0 Å². The summed E-state index contributed by atoms with van der Waals surface area (Å²) in [6.45, 7) is 6.15. The molecule has 0 aromatic heterocycles. The molecule has 3 nitrogen and oxygen atoms in total. The molecule has 1 aliphatic heterocycles. The normalized spacial score (nSPS) is 15.9. The van der Waals surface area contributed by atoms with E-state index in [9.17, 15) is 10.2 Å². The number of benzene rings is 2. The highest BCUT2D eigenvalue weighted by atomic mass is 16.3. The minimum Gasteiger partial charge on any atom is -0.504 e. The average Bonchev–Trinajstić information content (AvgIpc) is 2.78. The molecule has 0 aliphatic carbocycles. The molecule has 0 saturated carbocycles. The highest BCUT2D eigenvalue weighted by Crippen LogP contribution is 2.38. The van der Waals surface area contributed by atoms with E-state index in [2.05, 4.69) is 31.2 Å². The van der Waals surface area contributed by atoms with Crippen molar-refractivity contribution in [1.29, 1.82) is 0 Å². The molecular formula is C18H22NO2+. The third-order valence-corrected chi connectivity index (χ3v) is 4.37. The number of nitrogens with zero attached hydrogens (tertiary/aromatic N) is 1. The summed E-state index contributed by atoms with van der Waals surface area (Å²) in [6, 6.07) is 14.0. The summed E-state index contributed by atoms with van der Waals surface area (Å²) >= 11 is 0. The van der Waals surface area contributed by atoms with E-state index in [-0.39, 0.29) is 11.5 Å². The fourth-order valence-corrected chi connectivity index (χ4v) is 3.53. The van der Waals surface area contributed by atoms with E-state index in [0.29, 0.717) is 0 Å². The van der Waals surface area contributed by atoms with Gasteiger partial charge in [-0.1, -0.05) is 37.3 Å². The van der Waals surface area contributed by atoms with E-state index in [0.717, 1.165) is 48.2 Å². The van der Waals surface area contributed by atoms with Crippen molar-refractivity contribution in [3.05, 3.63) is 59.2 Å². The molecule has 0 radical (unpaired) electrons. The van der Waals surface area contributed by atoms with E-state index in [1.54, 1.807) is 12.1 Å². The number of aromatic hydroxyl groups is 2. The number of hydrogen-bond donors (Lipinski definition) is 2. The molecule has 0 saturated heterocycles. The monoisotopic (exact) mass is 284 g/mol. The SMILES string of the molecule is CCC[N+]1(Cc2ccccc2)Cc2cc(O)c(O)cc2C1. The zero-order chi connectivity index (χ0) is 14.9. The Kier molecular flexibility index (Phi) is 3.60. The lowest BCUT2D eigenvalue weighted by Gasteiger charge is -2.34. The maximum Gasteiger partial charge on any atom is 0.157 e. The predicted octanol–water partition coefficient (Wildman–Crippen LogP) is 3.54. The largest absolute Gasteiger partial charge is 0.504 e. The molecule has 21 heavy (non-hydrogen) atoms. The second kappa shape index (κ2) is 5.41. The van der Waals surface area contributed by atoms with Gasteiger partial charge in [0.25, 0.3) is 0 Å². The molecule has 2 N–H and O–H groups in total. The van der Waals surface area contributed by atoms with E-state index >= 15 is 0 Å². The van der Waals surface area contributed by atoms with Gasteiger partial charge >= 0.3 is 0 Å². The number of rotatable bonds is 4. The van der Waals surface area contributed by atoms with Crippen LogP contribution in [0.5, 0.6) is 11.5 Å². The number of phenolic OH excluding ortho intramolecular Hbond substituents is 2. The first-order valence-electron chi connectivity index (χ1n) is 7.55. The second-order valence-corrected chi connectivity index (χ2v) is 6.13. The van der Waals surface area contributed by atoms with Gasteiger partial charge < -0.3 is 14.7 Å². The number of phenols is 2. The van der Waals surface area contributed by atoms with Gasteiger partial charge in [-0.15, -0.1) is 0 Å². The van der Waals surface area contributed by atoms with Crippen molar-refractivity contribution in [2.75, 3.05) is 6.54 Å². The Morgan fingerprint density at radius 3 is 2.05 bits per heavy atom. The van der Waals surface area contributed by atoms with Gasteiger partial charge in [0, 0.05) is 16.7 Å². The molecule has 0 atom stereocenters. The summed E-state index contributed by atoms with van der Waals surface area (Å²) in [6.07, 6.45) is 1.12. The Labute approximate surface area is 125 Å². The Balaban J connectivity index is 1.90. The zero-order valence-electron chi connectivity index (χ0n) is 12.4. The molecule has 1 aliphatic rings. The lowest BCUT2D eigenvalue weighted by atomic mass is 10.1. The molecule has 2 aromatic rings. The van der Waals surface area contributed by atoms with Gasteiger partial charge in [0.15, 0.2) is 11.5 Å². The predicted molar refractivity (Wildman–Crippen MR) is 82.7 cm³/mol. The third-order valence-electron chi connectivity index (χ3n) is 4.37. The molecule has 3 rings (SSSR count). The van der Waals surface area contributed by atoms with Crippen LogP contribution >= 0.6 is 0 Å². The first-order valence-corrected chi connectivity index (χ1v) is 7.55. The molecule has 0 fully saturated rings. The fraction of sp³-hybridized carbons (Fsp3) is 0.333. The van der Waals surface area contributed by atoms with Crippen LogP contribution in [0.3, 0.4) is 0 Å². The quantitative estimate of drug-likeness (QED) is 0.666. The lowest BCUT2D eigenvalue weighted by Crippen LogP contribution is -2.42. The molecule has 3 heteroatoms. The van der Waals surface area contributed by atoms with Gasteiger partial charge in [0.1, 0.15) is 19.6 Å². The van der Waals surface area contributed by atoms with Crippen LogP contribution in [0.4, 0.5) is 0 Å². The van der Waals surface area contributed by atoms with E-state index in [1.807, 2.05) is 6.07 Å². The molecular weight excluding hydrogens is 262 g/mol. The minimum atomic E-state index is -0.00930. The van der Waals surface area contributed by atoms with Crippen LogP contribution in [0, 0.1) is 0 Å². The van der Waals surface area contributed by atoms with Crippen molar-refractivity contribution < 1.29 is 14.7 Å². The first-order chi connectivity index (χ1) is 10.1. The maximum absolute atomic E-state index is 9.72. The van der Waals surface area contributed by atoms with Gasteiger partial charge in [-0.05, 0) is 18.6 Å². The molecule has 0 spiro atoms. The third kappa shape index (κ3) is 2.74. The fourth-order valence-electron chi connectivity index (χ4n) is 3.53. The number of quaternary nitrogens is 1. The summed E-state index contributed by atoms with van der Waals surface area (Å²) in [4.78, 5) is 0. The van der Waals surface area contributed by atoms with Crippen molar-refractivity contribution in [3.8, 4) is 11.5 Å². The van der Waals surface area contributed by atoms with Crippen molar-refractivity contribution in [2.24, 2.45) is 0 Å². The second-order valence-electron chi connectivity index (χ2n) is 6.13.